The first-order valence-electron chi connectivity index (χ1n) is 14.8. The first kappa shape index (κ1) is 32.3. The van der Waals surface area contributed by atoms with E-state index in [1.165, 1.54) is 26.2 Å². The van der Waals surface area contributed by atoms with Gasteiger partial charge in [-0.2, -0.15) is 0 Å². The van der Waals surface area contributed by atoms with Crippen LogP contribution in [0.4, 0.5) is 0 Å². The molecule has 0 bridgehead atoms. The Morgan fingerprint density at radius 2 is 1.73 bits per heavy atom. The summed E-state index contributed by atoms with van der Waals surface area (Å²) in [5.41, 5.74) is -2.83. The van der Waals surface area contributed by atoms with E-state index in [9.17, 15) is 34.8 Å². The van der Waals surface area contributed by atoms with Gasteiger partial charge in [-0.1, -0.05) is 18.6 Å². The number of benzene rings is 2. The van der Waals surface area contributed by atoms with Gasteiger partial charge < -0.3 is 34.6 Å². The fourth-order valence-corrected chi connectivity index (χ4v) is 7.21. The largest absolute Gasteiger partial charge is 0.507 e. The summed E-state index contributed by atoms with van der Waals surface area (Å²) >= 11 is 0. The second-order valence-corrected chi connectivity index (χ2v) is 12.1. The van der Waals surface area contributed by atoms with Crippen LogP contribution in [0.25, 0.3) is 0 Å². The first-order chi connectivity index (χ1) is 20.5. The smallest absolute Gasteiger partial charge is 0.202 e. The Morgan fingerprint density at radius 1 is 1.05 bits per heavy atom. The number of ketones is 3. The molecule has 0 saturated carbocycles. The molecule has 11 nitrogen and oxygen atoms in total. The lowest BCUT2D eigenvalue weighted by Gasteiger charge is -2.46. The van der Waals surface area contributed by atoms with Gasteiger partial charge in [-0.15, -0.1) is 12.4 Å². The zero-order valence-electron chi connectivity index (χ0n) is 24.9. The van der Waals surface area contributed by atoms with E-state index >= 15 is 0 Å². The average molecular weight is 632 g/mol. The highest BCUT2D eigenvalue weighted by atomic mass is 35.5. The van der Waals surface area contributed by atoms with Gasteiger partial charge >= 0.3 is 0 Å². The summed E-state index contributed by atoms with van der Waals surface area (Å²) in [7, 11) is 1.36. The molecule has 0 radical (unpaired) electrons. The molecule has 2 heterocycles. The van der Waals surface area contributed by atoms with Crippen molar-refractivity contribution in [2.75, 3.05) is 20.2 Å². The van der Waals surface area contributed by atoms with Crippen molar-refractivity contribution in [3.63, 3.8) is 0 Å². The molecule has 0 amide bonds. The van der Waals surface area contributed by atoms with Gasteiger partial charge in [-0.3, -0.25) is 19.3 Å². The third-order valence-corrected chi connectivity index (χ3v) is 9.58. The first-order valence-corrected chi connectivity index (χ1v) is 14.8. The van der Waals surface area contributed by atoms with Gasteiger partial charge in [0.1, 0.15) is 22.8 Å². The summed E-state index contributed by atoms with van der Waals surface area (Å²) in [4.78, 5) is 42.4. The molecule has 238 valence electrons. The number of carbonyl (C=O) groups excluding carboxylic acids is 3. The van der Waals surface area contributed by atoms with E-state index in [0.717, 1.165) is 32.4 Å². The summed E-state index contributed by atoms with van der Waals surface area (Å²) < 4.78 is 17.7. The van der Waals surface area contributed by atoms with Crippen LogP contribution in [-0.4, -0.2) is 93.0 Å². The number of methoxy groups -OCH3 is 1. The summed E-state index contributed by atoms with van der Waals surface area (Å²) in [6.45, 7) is 4.63. The molecular weight excluding hydrogens is 594 g/mol. The van der Waals surface area contributed by atoms with Crippen LogP contribution in [0.2, 0.25) is 0 Å². The van der Waals surface area contributed by atoms with Crippen molar-refractivity contribution in [2.24, 2.45) is 0 Å². The third kappa shape index (κ3) is 5.09. The number of carbonyl (C=O) groups is 3. The zero-order valence-corrected chi connectivity index (χ0v) is 25.7. The van der Waals surface area contributed by atoms with E-state index in [0.29, 0.717) is 0 Å². The Bertz CT molecular complexity index is 1500. The number of hydrogen-bond donors (Lipinski definition) is 4. The maximum atomic E-state index is 13.8. The molecule has 4 aliphatic rings. The number of aromatic hydroxyl groups is 2. The molecule has 2 fully saturated rings. The van der Waals surface area contributed by atoms with E-state index in [4.69, 9.17) is 14.2 Å². The van der Waals surface area contributed by atoms with Gasteiger partial charge in [0.05, 0.1) is 42.1 Å². The van der Waals surface area contributed by atoms with Gasteiger partial charge in [0.15, 0.2) is 17.9 Å². The number of aliphatic hydroxyl groups excluding tert-OH is 1. The maximum absolute atomic E-state index is 13.8. The van der Waals surface area contributed by atoms with Crippen molar-refractivity contribution in [3.8, 4) is 17.2 Å². The number of aliphatic hydroxyl groups is 2. The van der Waals surface area contributed by atoms with Crippen molar-refractivity contribution in [1.29, 1.82) is 0 Å². The minimum atomic E-state index is -1.98. The van der Waals surface area contributed by atoms with Gasteiger partial charge in [0.25, 0.3) is 0 Å². The van der Waals surface area contributed by atoms with Crippen LogP contribution in [0, 0.1) is 0 Å². The van der Waals surface area contributed by atoms with Gasteiger partial charge in [-0.05, 0) is 45.8 Å². The van der Waals surface area contributed by atoms with E-state index in [1.54, 1.807) is 13.0 Å². The van der Waals surface area contributed by atoms with Crippen molar-refractivity contribution in [2.45, 2.75) is 88.6 Å². The second-order valence-electron chi connectivity index (χ2n) is 12.1. The predicted molar refractivity (Wildman–Crippen MR) is 159 cm³/mol. The van der Waals surface area contributed by atoms with E-state index in [1.807, 2.05) is 0 Å². The molecule has 2 aliphatic heterocycles. The normalized spacial score (nSPS) is 30.1. The van der Waals surface area contributed by atoms with Crippen molar-refractivity contribution < 1.29 is 49.0 Å². The van der Waals surface area contributed by atoms with Crippen LogP contribution in [0.3, 0.4) is 0 Å². The Labute approximate surface area is 261 Å². The Morgan fingerprint density at radius 3 is 2.39 bits per heavy atom. The van der Waals surface area contributed by atoms with Crippen LogP contribution in [-0.2, 0) is 20.7 Å². The van der Waals surface area contributed by atoms with Crippen LogP contribution < -0.4 is 4.74 Å². The number of hydrogen-bond acceptors (Lipinski definition) is 11. The highest BCUT2D eigenvalue weighted by Crippen LogP contribution is 2.52. The monoisotopic (exact) mass is 631 g/mol. The number of fused-ring (bicyclic) bond motifs is 3. The lowest BCUT2D eigenvalue weighted by atomic mass is 9.72. The Hall–Kier alpha value is -3.06. The van der Waals surface area contributed by atoms with E-state index < -0.39 is 71.0 Å². The van der Waals surface area contributed by atoms with Crippen molar-refractivity contribution >= 4 is 29.8 Å². The number of piperidine rings is 1. The summed E-state index contributed by atoms with van der Waals surface area (Å²) in [5, 5.41) is 45.6. The molecule has 4 N–H and O–H groups in total. The quantitative estimate of drug-likeness (QED) is 0.306. The standard InChI is InChI=1S/C32H37NO10.ClH/c1-15-27(35)19(33-10-5-4-6-11-33)12-22(42-15)43-21-14-32(40,16(2)34)13-18-24(21)31(39)26-25(29(18)37)28(36)17-8-7-9-20(41-3)23(17)30(26)38;/h7-9,15,19,21-22,27,35,37,39-40H,4-6,10-14H2,1-3H3;1H. The number of phenols is 2. The third-order valence-electron chi connectivity index (χ3n) is 9.58. The number of rotatable bonds is 5. The summed E-state index contributed by atoms with van der Waals surface area (Å²) in [5.74, 6) is -3.01. The van der Waals surface area contributed by atoms with Crippen LogP contribution >= 0.6 is 12.4 Å². The molecule has 6 unspecified atom stereocenters. The molecule has 6 rings (SSSR count). The Balaban J connectivity index is 0.00000384. The van der Waals surface area contributed by atoms with Crippen molar-refractivity contribution in [1.82, 2.24) is 4.90 Å². The van der Waals surface area contributed by atoms with Crippen LogP contribution in [0.15, 0.2) is 18.2 Å². The molecule has 2 aliphatic carbocycles. The number of Topliss-reactive ketones (excluding diaryl/α,β-unsaturated/α-hetero) is 1. The number of ether oxygens (including phenoxy) is 3. The SMILES string of the molecule is COc1cccc2c1C(=O)c1c(O)c3c(c(O)c1C2=O)CC(O)(C(C)=O)CC3OC1CC(N2CCCCC2)C(O)C(C)O1.Cl. The van der Waals surface area contributed by atoms with Crippen LogP contribution in [0.5, 0.6) is 17.2 Å². The minimum Gasteiger partial charge on any atom is -0.507 e. The molecule has 44 heavy (non-hydrogen) atoms. The molecular formula is C32H38ClNO10. The maximum Gasteiger partial charge on any atom is 0.202 e. The molecule has 0 spiro atoms. The lowest BCUT2D eigenvalue weighted by Crippen LogP contribution is -2.56. The average Bonchev–Trinajstić information content (AvgIpc) is 2.99. The van der Waals surface area contributed by atoms with Gasteiger partial charge in [0, 0.05) is 42.0 Å². The topological polar surface area (TPSA) is 163 Å². The van der Waals surface area contributed by atoms with E-state index in [2.05, 4.69) is 4.90 Å². The number of phenolic OH excluding ortho intramolecular Hbond substituents is 2. The van der Waals surface area contributed by atoms with Crippen LogP contribution in [0.1, 0.15) is 95.0 Å². The lowest BCUT2D eigenvalue weighted by molar-refractivity contribution is -0.259. The highest BCUT2D eigenvalue weighted by Gasteiger charge is 2.50. The van der Waals surface area contributed by atoms with Gasteiger partial charge in [0.2, 0.25) is 5.78 Å². The Kier molecular flexibility index (Phi) is 8.84. The molecule has 2 saturated heterocycles. The fourth-order valence-electron chi connectivity index (χ4n) is 7.21. The predicted octanol–water partition coefficient (Wildman–Crippen LogP) is 2.98. The van der Waals surface area contributed by atoms with E-state index in [-0.39, 0.29) is 64.9 Å². The number of nitrogens with zero attached hydrogens (tertiary/aromatic N) is 1. The van der Waals surface area contributed by atoms with Gasteiger partial charge in [-0.25, -0.2) is 0 Å². The molecule has 6 atom stereocenters. The summed E-state index contributed by atoms with van der Waals surface area (Å²) in [6, 6.07) is 4.25. The second kappa shape index (κ2) is 12.0. The number of halogens is 1. The minimum absolute atomic E-state index is 0. The van der Waals surface area contributed by atoms with Crippen molar-refractivity contribution in [3.05, 3.63) is 51.6 Å². The highest BCUT2D eigenvalue weighted by molar-refractivity contribution is 6.31. The molecule has 2 aromatic rings. The molecule has 0 aromatic heterocycles. The molecule has 12 heteroatoms. The summed E-state index contributed by atoms with van der Waals surface area (Å²) in [6.07, 6.45) is -0.660. The number of likely N-dealkylation sites (tertiary alicyclic amines) is 1. The molecule has 2 aromatic carbocycles. The zero-order chi connectivity index (χ0) is 30.8. The fraction of sp³-hybridized carbons (Fsp3) is 0.531.